The predicted octanol–water partition coefficient (Wildman–Crippen LogP) is 3.10. The molecule has 156 valence electrons. The van der Waals surface area contributed by atoms with Crippen LogP contribution in [0.5, 0.6) is 0 Å². The summed E-state index contributed by atoms with van der Waals surface area (Å²) in [5, 5.41) is 2.90. The van der Waals surface area contributed by atoms with E-state index < -0.39 is 10.0 Å². The lowest BCUT2D eigenvalue weighted by atomic mass is 9.87. The Balaban J connectivity index is 1.57. The van der Waals surface area contributed by atoms with Crippen molar-refractivity contribution in [2.45, 2.75) is 50.5 Å². The van der Waals surface area contributed by atoms with Gasteiger partial charge in [0, 0.05) is 25.2 Å². The predicted molar refractivity (Wildman–Crippen MR) is 113 cm³/mol. The number of carbonyl (C=O) groups excluding carboxylic acids is 1. The van der Waals surface area contributed by atoms with Crippen molar-refractivity contribution < 1.29 is 13.2 Å². The third kappa shape index (κ3) is 5.22. The van der Waals surface area contributed by atoms with E-state index in [4.69, 9.17) is 0 Å². The molecule has 2 heterocycles. The van der Waals surface area contributed by atoms with Crippen molar-refractivity contribution in [2.75, 3.05) is 13.1 Å². The first-order valence-electron chi connectivity index (χ1n) is 9.96. The fourth-order valence-electron chi connectivity index (χ4n) is 3.46. The minimum Gasteiger partial charge on any atom is -0.350 e. The van der Waals surface area contributed by atoms with Gasteiger partial charge in [0.1, 0.15) is 0 Å². The molecule has 0 saturated carbocycles. The van der Waals surface area contributed by atoms with Gasteiger partial charge in [0.2, 0.25) is 15.9 Å². The topological polar surface area (TPSA) is 79.4 Å². The Morgan fingerprint density at radius 2 is 1.76 bits per heavy atom. The first-order chi connectivity index (χ1) is 13.7. The highest BCUT2D eigenvalue weighted by Gasteiger charge is 2.32. The zero-order valence-electron chi connectivity index (χ0n) is 17.3. The zero-order valence-corrected chi connectivity index (χ0v) is 18.1. The van der Waals surface area contributed by atoms with Crippen LogP contribution in [0.25, 0.3) is 0 Å². The van der Waals surface area contributed by atoms with Gasteiger partial charge in [0.15, 0.2) is 0 Å². The van der Waals surface area contributed by atoms with Gasteiger partial charge in [-0.25, -0.2) is 8.42 Å². The number of nitrogens with zero attached hydrogens (tertiary/aromatic N) is 2. The average Bonchev–Trinajstić information content (AvgIpc) is 2.72. The van der Waals surface area contributed by atoms with Gasteiger partial charge >= 0.3 is 0 Å². The Kier molecular flexibility index (Phi) is 6.39. The highest BCUT2D eigenvalue weighted by atomic mass is 32.2. The molecule has 1 amide bonds. The van der Waals surface area contributed by atoms with E-state index in [0.29, 0.717) is 37.4 Å². The number of amides is 1. The van der Waals surface area contributed by atoms with Crippen LogP contribution in [0.3, 0.4) is 0 Å². The molecule has 0 spiro atoms. The SMILES string of the molecule is CC(C)(C)c1ccc(S(=O)(=O)N2CCC(C(=O)NCc3ccccn3)CC2)cc1. The Labute approximate surface area is 173 Å². The quantitative estimate of drug-likeness (QED) is 0.814. The van der Waals surface area contributed by atoms with Gasteiger partial charge in [-0.3, -0.25) is 9.78 Å². The minimum atomic E-state index is -3.54. The van der Waals surface area contributed by atoms with Crippen LogP contribution in [0.2, 0.25) is 0 Å². The lowest BCUT2D eigenvalue weighted by molar-refractivity contribution is -0.126. The molecule has 2 aromatic rings. The Morgan fingerprint density at radius 1 is 1.10 bits per heavy atom. The molecule has 6 nitrogen and oxygen atoms in total. The number of pyridine rings is 1. The summed E-state index contributed by atoms with van der Waals surface area (Å²) in [6, 6.07) is 12.7. The van der Waals surface area contributed by atoms with Crippen molar-refractivity contribution in [1.82, 2.24) is 14.6 Å². The van der Waals surface area contributed by atoms with Crippen molar-refractivity contribution >= 4 is 15.9 Å². The maximum atomic E-state index is 13.0. The van der Waals surface area contributed by atoms with Crippen molar-refractivity contribution in [3.8, 4) is 0 Å². The molecule has 0 bridgehead atoms. The number of hydrogen-bond donors (Lipinski definition) is 1. The number of hydrogen-bond acceptors (Lipinski definition) is 4. The first kappa shape index (κ1) is 21.5. The van der Waals surface area contributed by atoms with Crippen LogP contribution in [-0.4, -0.2) is 36.7 Å². The largest absolute Gasteiger partial charge is 0.350 e. The second-order valence-corrected chi connectivity index (χ2v) is 10.4. The van der Waals surface area contributed by atoms with Crippen LogP contribution in [0, 0.1) is 5.92 Å². The van der Waals surface area contributed by atoms with Crippen molar-refractivity contribution in [1.29, 1.82) is 0 Å². The van der Waals surface area contributed by atoms with Gasteiger partial charge in [-0.2, -0.15) is 4.31 Å². The molecular weight excluding hydrogens is 386 g/mol. The molecule has 1 saturated heterocycles. The van der Waals surface area contributed by atoms with Gasteiger partial charge in [-0.15, -0.1) is 0 Å². The smallest absolute Gasteiger partial charge is 0.243 e. The molecule has 3 rings (SSSR count). The van der Waals surface area contributed by atoms with Gasteiger partial charge < -0.3 is 5.32 Å². The number of nitrogens with one attached hydrogen (secondary N) is 1. The number of benzene rings is 1. The van der Waals surface area contributed by atoms with E-state index in [1.807, 2.05) is 30.3 Å². The van der Waals surface area contributed by atoms with Crippen molar-refractivity contribution in [3.63, 3.8) is 0 Å². The van der Waals surface area contributed by atoms with Gasteiger partial charge in [-0.1, -0.05) is 39.0 Å². The molecule has 1 aliphatic heterocycles. The second-order valence-electron chi connectivity index (χ2n) is 8.49. The summed E-state index contributed by atoms with van der Waals surface area (Å²) < 4.78 is 27.4. The summed E-state index contributed by atoms with van der Waals surface area (Å²) in [5.41, 5.74) is 1.88. The van der Waals surface area contributed by atoms with E-state index >= 15 is 0 Å². The maximum Gasteiger partial charge on any atom is 0.243 e. The van der Waals surface area contributed by atoms with Gasteiger partial charge in [0.25, 0.3) is 0 Å². The number of sulfonamides is 1. The Hall–Kier alpha value is -2.25. The molecule has 1 aliphatic rings. The highest BCUT2D eigenvalue weighted by Crippen LogP contribution is 2.27. The molecule has 1 aromatic heterocycles. The van der Waals surface area contributed by atoms with E-state index in [2.05, 4.69) is 31.1 Å². The molecule has 0 unspecified atom stereocenters. The molecule has 0 radical (unpaired) electrons. The number of rotatable bonds is 5. The molecule has 0 atom stereocenters. The van der Waals surface area contributed by atoms with Crippen LogP contribution in [0.4, 0.5) is 0 Å². The summed E-state index contributed by atoms with van der Waals surface area (Å²) in [5.74, 6) is -0.212. The lowest BCUT2D eigenvalue weighted by Gasteiger charge is -2.30. The normalized spacial score (nSPS) is 16.5. The summed E-state index contributed by atoms with van der Waals surface area (Å²) in [6.45, 7) is 7.38. The molecular formula is C22H29N3O3S. The van der Waals surface area contributed by atoms with Crippen LogP contribution in [-0.2, 0) is 26.8 Å². The Morgan fingerprint density at radius 3 is 2.31 bits per heavy atom. The van der Waals surface area contributed by atoms with E-state index in [9.17, 15) is 13.2 Å². The van der Waals surface area contributed by atoms with Crippen molar-refractivity contribution in [3.05, 3.63) is 59.9 Å². The fraction of sp³-hybridized carbons (Fsp3) is 0.455. The number of piperidine rings is 1. The van der Waals surface area contributed by atoms with Crippen molar-refractivity contribution in [2.24, 2.45) is 5.92 Å². The standard InChI is InChI=1S/C22H29N3O3S/c1-22(2,3)18-7-9-20(10-8-18)29(27,28)25-14-11-17(12-15-25)21(26)24-16-19-6-4-5-13-23-19/h4-10,13,17H,11-12,14-16H2,1-3H3,(H,24,26). The third-order valence-electron chi connectivity index (χ3n) is 5.35. The van der Waals surface area contributed by atoms with E-state index in [1.165, 1.54) is 4.31 Å². The summed E-state index contributed by atoms with van der Waals surface area (Å²) >= 11 is 0. The molecule has 0 aliphatic carbocycles. The minimum absolute atomic E-state index is 0.0245. The molecule has 1 aromatic carbocycles. The molecule has 29 heavy (non-hydrogen) atoms. The van der Waals surface area contributed by atoms with E-state index in [0.717, 1.165) is 11.3 Å². The van der Waals surface area contributed by atoms with Crippen LogP contribution < -0.4 is 5.32 Å². The van der Waals surface area contributed by atoms with Gasteiger partial charge in [0.05, 0.1) is 17.1 Å². The van der Waals surface area contributed by atoms with E-state index in [1.54, 1.807) is 18.3 Å². The first-order valence-corrected chi connectivity index (χ1v) is 11.4. The molecule has 1 N–H and O–H groups in total. The molecule has 7 heteroatoms. The summed E-state index contributed by atoms with van der Waals surface area (Å²) in [6.07, 6.45) is 2.74. The second kappa shape index (κ2) is 8.63. The average molecular weight is 416 g/mol. The van der Waals surface area contributed by atoms with Gasteiger partial charge in [-0.05, 0) is 48.1 Å². The lowest BCUT2D eigenvalue weighted by Crippen LogP contribution is -2.42. The van der Waals surface area contributed by atoms with Crippen LogP contribution in [0.15, 0.2) is 53.6 Å². The van der Waals surface area contributed by atoms with Crippen LogP contribution >= 0.6 is 0 Å². The monoisotopic (exact) mass is 415 g/mol. The van der Waals surface area contributed by atoms with Crippen LogP contribution in [0.1, 0.15) is 44.9 Å². The molecule has 1 fully saturated rings. The third-order valence-corrected chi connectivity index (χ3v) is 7.27. The maximum absolute atomic E-state index is 13.0. The Bertz CT molecular complexity index is 928. The fourth-order valence-corrected chi connectivity index (χ4v) is 4.93. The number of carbonyl (C=O) groups is 1. The summed E-state index contributed by atoms with van der Waals surface area (Å²) in [7, 11) is -3.54. The highest BCUT2D eigenvalue weighted by molar-refractivity contribution is 7.89. The summed E-state index contributed by atoms with van der Waals surface area (Å²) in [4.78, 5) is 16.9. The zero-order chi connectivity index (χ0) is 21.1. The number of aromatic nitrogens is 1. The van der Waals surface area contributed by atoms with E-state index in [-0.39, 0.29) is 17.2 Å².